The van der Waals surface area contributed by atoms with Crippen LogP contribution in [0.2, 0.25) is 5.02 Å². The van der Waals surface area contributed by atoms with Gasteiger partial charge in [0.2, 0.25) is 17.3 Å². The van der Waals surface area contributed by atoms with Crippen molar-refractivity contribution in [2.24, 2.45) is 11.3 Å². The van der Waals surface area contributed by atoms with Crippen LogP contribution in [0.1, 0.15) is 42.7 Å². The molecule has 180 valence electrons. The predicted molar refractivity (Wildman–Crippen MR) is 129 cm³/mol. The molecule has 3 N–H and O–H groups in total. The molecule has 0 radical (unpaired) electrons. The third-order valence-corrected chi connectivity index (χ3v) is 7.49. The van der Waals surface area contributed by atoms with Gasteiger partial charge in [0.1, 0.15) is 18.6 Å². The molecule has 6 nitrogen and oxygen atoms in total. The first-order valence-corrected chi connectivity index (χ1v) is 11.8. The second-order valence-corrected chi connectivity index (χ2v) is 9.63. The summed E-state index contributed by atoms with van der Waals surface area (Å²) >= 11 is 6.53. The Bertz CT molecular complexity index is 1200. The zero-order valence-corrected chi connectivity index (χ0v) is 20.3. The van der Waals surface area contributed by atoms with Gasteiger partial charge in [0.05, 0.1) is 16.0 Å². The Labute approximate surface area is 203 Å². The van der Waals surface area contributed by atoms with Gasteiger partial charge in [0.25, 0.3) is 5.82 Å². The van der Waals surface area contributed by atoms with Crippen LogP contribution in [0, 0.1) is 17.2 Å². The maximum absolute atomic E-state index is 14.1. The van der Waals surface area contributed by atoms with Crippen LogP contribution in [0.15, 0.2) is 48.5 Å². The number of rotatable bonds is 7. The molecular weight excluding hydrogens is 457 g/mol. The monoisotopic (exact) mass is 486 g/mol. The van der Waals surface area contributed by atoms with E-state index in [9.17, 15) is 19.4 Å². The van der Waals surface area contributed by atoms with Gasteiger partial charge in [-0.1, -0.05) is 42.8 Å². The number of aliphatic hydroxyl groups excluding tert-OH is 2. The first-order chi connectivity index (χ1) is 16.2. The maximum atomic E-state index is 14.1. The summed E-state index contributed by atoms with van der Waals surface area (Å²) in [7, 11) is 1.75. The SMILES string of the molecule is C[C@@H](CCCO)[C@@]1(C)C(=O)c2c([nH]c(-c3ccccc3Cl)[n+]2Cc2ccc(F)cc2)N(C)C1O. The summed E-state index contributed by atoms with van der Waals surface area (Å²) in [5.74, 6) is 0.423. The summed E-state index contributed by atoms with van der Waals surface area (Å²) in [5.41, 5.74) is 0.872. The molecule has 0 saturated carbocycles. The lowest BCUT2D eigenvalue weighted by Gasteiger charge is -2.44. The molecule has 4 rings (SSSR count). The maximum Gasteiger partial charge on any atom is 0.290 e. The van der Waals surface area contributed by atoms with Gasteiger partial charge < -0.3 is 15.1 Å². The average molecular weight is 487 g/mol. The van der Waals surface area contributed by atoms with Crippen LogP contribution in [-0.4, -0.2) is 40.9 Å². The van der Waals surface area contributed by atoms with Crippen molar-refractivity contribution in [1.82, 2.24) is 4.98 Å². The zero-order valence-electron chi connectivity index (χ0n) is 19.6. The number of ketones is 1. The molecule has 1 unspecified atom stereocenters. The van der Waals surface area contributed by atoms with E-state index >= 15 is 0 Å². The van der Waals surface area contributed by atoms with Crippen LogP contribution in [0.5, 0.6) is 0 Å². The number of hydrogen-bond donors (Lipinski definition) is 3. The molecular formula is C26H30ClFN3O3+. The minimum absolute atomic E-state index is 0.0250. The number of halogens is 2. The van der Waals surface area contributed by atoms with E-state index < -0.39 is 11.6 Å². The Morgan fingerprint density at radius 3 is 2.56 bits per heavy atom. The standard InChI is InChI=1S/C26H29ClFN3O3/c1-16(7-6-14-32)26(2)22(33)21-24(30(3)25(26)34)29-23(19-8-4-5-9-20(19)27)31(21)15-17-10-12-18(28)13-11-17/h4-5,8-13,16,25,32,34H,6-7,14-15H2,1-3H3/p+1/t16-,25?,26-/m0/s1. The number of nitrogens with zero attached hydrogens (tertiary/aromatic N) is 2. The van der Waals surface area contributed by atoms with Gasteiger partial charge in [-0.25, -0.2) is 13.9 Å². The number of aromatic nitrogens is 2. The lowest BCUT2D eigenvalue weighted by Crippen LogP contribution is -2.59. The van der Waals surface area contributed by atoms with Gasteiger partial charge in [-0.15, -0.1) is 0 Å². The van der Waals surface area contributed by atoms with Crippen LogP contribution in [-0.2, 0) is 6.54 Å². The molecule has 3 aromatic rings. The first-order valence-electron chi connectivity index (χ1n) is 11.4. The van der Waals surface area contributed by atoms with Gasteiger partial charge in [-0.2, -0.15) is 0 Å². The number of benzene rings is 2. The van der Waals surface area contributed by atoms with E-state index in [1.54, 1.807) is 37.1 Å². The summed E-state index contributed by atoms with van der Waals surface area (Å²) in [5, 5.41) is 21.1. The van der Waals surface area contributed by atoms with E-state index in [4.69, 9.17) is 11.6 Å². The Balaban J connectivity index is 1.92. The number of fused-ring (bicyclic) bond motifs is 1. The molecule has 2 aromatic carbocycles. The van der Waals surface area contributed by atoms with E-state index in [1.165, 1.54) is 12.1 Å². The van der Waals surface area contributed by atoms with Crippen molar-refractivity contribution in [2.45, 2.75) is 39.5 Å². The van der Waals surface area contributed by atoms with Crippen molar-refractivity contribution in [1.29, 1.82) is 0 Å². The molecule has 8 heteroatoms. The highest BCUT2D eigenvalue weighted by atomic mass is 35.5. The normalized spacial score (nSPS) is 21.0. The topological polar surface area (TPSA) is 80.4 Å². The van der Waals surface area contributed by atoms with Gasteiger partial charge in [0, 0.05) is 13.7 Å². The van der Waals surface area contributed by atoms with Crippen molar-refractivity contribution in [3.8, 4) is 11.4 Å². The van der Waals surface area contributed by atoms with Crippen molar-refractivity contribution in [2.75, 3.05) is 18.6 Å². The Morgan fingerprint density at radius 2 is 1.91 bits per heavy atom. The average Bonchev–Trinajstić information content (AvgIpc) is 3.20. The molecule has 0 amide bonds. The second-order valence-electron chi connectivity index (χ2n) is 9.23. The Hall–Kier alpha value is -2.74. The fourth-order valence-corrected chi connectivity index (χ4v) is 5.06. The van der Waals surface area contributed by atoms with Crippen molar-refractivity contribution in [3.05, 3.63) is 70.6 Å². The molecule has 1 aliphatic rings. The third kappa shape index (κ3) is 4.02. The molecule has 3 atom stereocenters. The minimum Gasteiger partial charge on any atom is -0.396 e. The number of aromatic amines is 1. The summed E-state index contributed by atoms with van der Waals surface area (Å²) < 4.78 is 15.4. The number of carbonyl (C=O) groups is 1. The van der Waals surface area contributed by atoms with Gasteiger partial charge >= 0.3 is 0 Å². The number of H-pyrrole nitrogens is 1. The van der Waals surface area contributed by atoms with Gasteiger partial charge in [-0.05, 0) is 55.5 Å². The number of Topliss-reactive ketones (excluding diaryl/α,β-unsaturated/α-hetero) is 1. The molecule has 1 aromatic heterocycles. The Kier molecular flexibility index (Phi) is 6.80. The molecule has 0 aliphatic carbocycles. The molecule has 1 aliphatic heterocycles. The van der Waals surface area contributed by atoms with E-state index in [0.717, 1.165) is 5.56 Å². The largest absolute Gasteiger partial charge is 0.396 e. The quantitative estimate of drug-likeness (QED) is 0.438. The third-order valence-electron chi connectivity index (χ3n) is 7.16. The van der Waals surface area contributed by atoms with Crippen LogP contribution in [0.4, 0.5) is 10.2 Å². The Morgan fingerprint density at radius 1 is 1.24 bits per heavy atom. The fraction of sp³-hybridized carbons (Fsp3) is 0.385. The highest BCUT2D eigenvalue weighted by Crippen LogP contribution is 2.45. The number of carbonyl (C=O) groups excluding carboxylic acids is 1. The molecule has 0 bridgehead atoms. The van der Waals surface area contributed by atoms with Gasteiger partial charge in [-0.3, -0.25) is 4.79 Å². The number of imidazole rings is 1. The molecule has 2 heterocycles. The van der Waals surface area contributed by atoms with E-state index in [2.05, 4.69) is 4.98 Å². The number of anilines is 1. The summed E-state index contributed by atoms with van der Waals surface area (Å²) in [4.78, 5) is 19.1. The summed E-state index contributed by atoms with van der Waals surface area (Å²) in [6.07, 6.45) is 0.0813. The van der Waals surface area contributed by atoms with Crippen molar-refractivity contribution >= 4 is 23.2 Å². The number of aliphatic hydroxyl groups is 2. The molecule has 34 heavy (non-hydrogen) atoms. The molecule has 0 spiro atoms. The van der Waals surface area contributed by atoms with Crippen molar-refractivity contribution in [3.63, 3.8) is 0 Å². The van der Waals surface area contributed by atoms with Crippen LogP contribution in [0.25, 0.3) is 11.4 Å². The fourth-order valence-electron chi connectivity index (χ4n) is 4.83. The number of hydrogen-bond acceptors (Lipinski definition) is 4. The molecule has 0 fully saturated rings. The smallest absolute Gasteiger partial charge is 0.290 e. The van der Waals surface area contributed by atoms with Gasteiger partial charge in [0.15, 0.2) is 0 Å². The van der Waals surface area contributed by atoms with Crippen molar-refractivity contribution < 1.29 is 24.0 Å². The second kappa shape index (κ2) is 9.49. The summed E-state index contributed by atoms with van der Waals surface area (Å²) in [6, 6.07) is 13.5. The highest BCUT2D eigenvalue weighted by Gasteiger charge is 2.56. The van der Waals surface area contributed by atoms with Crippen LogP contribution >= 0.6 is 11.6 Å². The first kappa shape index (κ1) is 24.4. The lowest BCUT2D eigenvalue weighted by molar-refractivity contribution is -0.678. The predicted octanol–water partition coefficient (Wildman–Crippen LogP) is 4.18. The molecule has 0 saturated heterocycles. The highest BCUT2D eigenvalue weighted by molar-refractivity contribution is 6.33. The lowest BCUT2D eigenvalue weighted by atomic mass is 9.68. The van der Waals surface area contributed by atoms with E-state index in [-0.39, 0.29) is 24.1 Å². The minimum atomic E-state index is -1.10. The summed E-state index contributed by atoms with van der Waals surface area (Å²) in [6.45, 7) is 4.05. The van der Waals surface area contributed by atoms with Crippen LogP contribution < -0.4 is 9.47 Å². The number of nitrogens with one attached hydrogen (secondary N) is 1. The van der Waals surface area contributed by atoms with Crippen LogP contribution in [0.3, 0.4) is 0 Å². The zero-order chi connectivity index (χ0) is 24.6. The van der Waals surface area contributed by atoms with E-state index in [1.807, 2.05) is 29.7 Å². The van der Waals surface area contributed by atoms with E-state index in [0.29, 0.717) is 47.3 Å².